The van der Waals surface area contributed by atoms with E-state index < -0.39 is 42.0 Å². The van der Waals surface area contributed by atoms with Crippen LogP contribution >= 0.6 is 0 Å². The average molecular weight is 505 g/mol. The van der Waals surface area contributed by atoms with Crippen LogP contribution in [0.5, 0.6) is 0 Å². The fourth-order valence-electron chi connectivity index (χ4n) is 3.80. The molecule has 0 heterocycles. The Kier molecular flexibility index (Phi) is 11.9. The van der Waals surface area contributed by atoms with Gasteiger partial charge >= 0.3 is 6.09 Å². The third-order valence-electron chi connectivity index (χ3n) is 6.01. The number of aryl methyl sites for hydroxylation is 1. The van der Waals surface area contributed by atoms with Gasteiger partial charge in [-0.25, -0.2) is 4.79 Å². The first kappa shape index (κ1) is 30.9. The van der Waals surface area contributed by atoms with Gasteiger partial charge in [-0.3, -0.25) is 14.4 Å². The van der Waals surface area contributed by atoms with Crippen molar-refractivity contribution in [2.45, 2.75) is 105 Å². The number of hydrogen-bond donors (Lipinski definition) is 3. The maximum atomic E-state index is 14.0. The van der Waals surface area contributed by atoms with Crippen molar-refractivity contribution >= 4 is 23.8 Å². The van der Waals surface area contributed by atoms with Crippen molar-refractivity contribution in [3.63, 3.8) is 0 Å². The maximum Gasteiger partial charge on any atom is 0.408 e. The number of nitrogens with one attached hydrogen (secondary N) is 2. The molecule has 0 aliphatic rings. The first-order chi connectivity index (χ1) is 16.7. The summed E-state index contributed by atoms with van der Waals surface area (Å²) < 4.78 is 5.31. The minimum Gasteiger partial charge on any atom is -0.444 e. The molecule has 0 aromatic heterocycles. The topological polar surface area (TPSA) is 131 Å². The molecule has 202 valence electrons. The molecule has 36 heavy (non-hydrogen) atoms. The van der Waals surface area contributed by atoms with Crippen LogP contribution in [0.3, 0.4) is 0 Å². The van der Waals surface area contributed by atoms with E-state index in [9.17, 15) is 19.2 Å². The van der Waals surface area contributed by atoms with Gasteiger partial charge in [0.2, 0.25) is 17.7 Å². The molecule has 0 fully saturated rings. The third-order valence-corrected chi connectivity index (χ3v) is 6.01. The number of primary amides is 1. The molecular formula is C27H44N4O5. The number of alkyl carbamates (subject to hydrolysis) is 1. The van der Waals surface area contributed by atoms with E-state index in [-0.39, 0.29) is 11.9 Å². The fourth-order valence-corrected chi connectivity index (χ4v) is 3.80. The predicted molar refractivity (Wildman–Crippen MR) is 140 cm³/mol. The highest BCUT2D eigenvalue weighted by atomic mass is 16.6. The standard InChI is InChI=1S/C27H44N4O5/c1-9-11-15-29-24(33)23(20-14-12-13-17(3)19(20)5)31(18(4)10-2)25(34)21(16-22(28)32)30-26(35)36-27(6,7)8/h12-14,18,21,23H,9-11,15-16H2,1-8H3,(H2,28,32)(H,29,33)(H,30,35). The Morgan fingerprint density at radius 3 is 2.28 bits per heavy atom. The lowest BCUT2D eigenvalue weighted by Crippen LogP contribution is -2.56. The van der Waals surface area contributed by atoms with Crippen molar-refractivity contribution in [1.29, 1.82) is 0 Å². The quantitative estimate of drug-likeness (QED) is 0.374. The van der Waals surface area contributed by atoms with Gasteiger partial charge in [0, 0.05) is 12.6 Å². The van der Waals surface area contributed by atoms with Gasteiger partial charge in [-0.1, -0.05) is 38.5 Å². The molecule has 0 bridgehead atoms. The van der Waals surface area contributed by atoms with Crippen LogP contribution in [0.25, 0.3) is 0 Å². The predicted octanol–water partition coefficient (Wildman–Crippen LogP) is 3.66. The molecule has 9 heteroatoms. The molecule has 4 N–H and O–H groups in total. The number of carbonyl (C=O) groups is 4. The molecule has 3 unspecified atom stereocenters. The molecular weight excluding hydrogens is 460 g/mol. The summed E-state index contributed by atoms with van der Waals surface area (Å²) in [4.78, 5) is 53.5. The van der Waals surface area contributed by atoms with Gasteiger partial charge < -0.3 is 26.0 Å². The summed E-state index contributed by atoms with van der Waals surface area (Å²) in [5.41, 5.74) is 7.19. The zero-order chi connectivity index (χ0) is 27.6. The Bertz CT molecular complexity index is 925. The van der Waals surface area contributed by atoms with Crippen LogP contribution in [0.15, 0.2) is 18.2 Å². The lowest BCUT2D eigenvalue weighted by atomic mass is 9.93. The minimum atomic E-state index is -1.29. The van der Waals surface area contributed by atoms with Crippen molar-refractivity contribution in [2.75, 3.05) is 6.54 Å². The summed E-state index contributed by atoms with van der Waals surface area (Å²) in [6, 6.07) is 3.00. The first-order valence-electron chi connectivity index (χ1n) is 12.7. The molecule has 9 nitrogen and oxygen atoms in total. The lowest BCUT2D eigenvalue weighted by Gasteiger charge is -2.38. The summed E-state index contributed by atoms with van der Waals surface area (Å²) in [5, 5.41) is 5.46. The van der Waals surface area contributed by atoms with Gasteiger partial charge in [0.15, 0.2) is 0 Å². The highest BCUT2D eigenvalue weighted by molar-refractivity contribution is 5.94. The smallest absolute Gasteiger partial charge is 0.408 e. The number of hydrogen-bond acceptors (Lipinski definition) is 5. The summed E-state index contributed by atoms with van der Waals surface area (Å²) in [6.07, 6.45) is 0.977. The number of unbranched alkanes of at least 4 members (excludes halogenated alkanes) is 1. The zero-order valence-corrected chi connectivity index (χ0v) is 23.1. The Hall–Kier alpha value is -3.10. The van der Waals surface area contributed by atoms with Crippen LogP contribution < -0.4 is 16.4 Å². The van der Waals surface area contributed by atoms with Gasteiger partial charge in [-0.05, 0) is 71.1 Å². The van der Waals surface area contributed by atoms with Crippen LogP contribution in [0, 0.1) is 13.8 Å². The Labute approximate surface area is 215 Å². The van der Waals surface area contributed by atoms with Crippen molar-refractivity contribution < 1.29 is 23.9 Å². The van der Waals surface area contributed by atoms with Crippen molar-refractivity contribution in [1.82, 2.24) is 15.5 Å². The highest BCUT2D eigenvalue weighted by Crippen LogP contribution is 2.30. The van der Waals surface area contributed by atoms with Crippen LogP contribution in [-0.4, -0.2) is 52.9 Å². The second-order valence-electron chi connectivity index (χ2n) is 10.2. The van der Waals surface area contributed by atoms with E-state index in [1.165, 1.54) is 4.90 Å². The van der Waals surface area contributed by atoms with E-state index in [1.807, 2.05) is 52.8 Å². The van der Waals surface area contributed by atoms with Crippen molar-refractivity contribution in [2.24, 2.45) is 5.73 Å². The van der Waals surface area contributed by atoms with Crippen molar-refractivity contribution in [3.8, 4) is 0 Å². The highest BCUT2D eigenvalue weighted by Gasteiger charge is 2.39. The molecule has 0 radical (unpaired) electrons. The molecule has 1 aromatic rings. The first-order valence-corrected chi connectivity index (χ1v) is 12.7. The normalized spacial score (nSPS) is 13.8. The number of amides is 4. The zero-order valence-electron chi connectivity index (χ0n) is 23.1. The van der Waals surface area contributed by atoms with E-state index in [4.69, 9.17) is 10.5 Å². The Morgan fingerprint density at radius 2 is 1.75 bits per heavy atom. The monoisotopic (exact) mass is 504 g/mol. The van der Waals surface area contributed by atoms with Gasteiger partial charge in [0.05, 0.1) is 6.42 Å². The van der Waals surface area contributed by atoms with Crippen LogP contribution in [0.2, 0.25) is 0 Å². The second kappa shape index (κ2) is 13.8. The second-order valence-corrected chi connectivity index (χ2v) is 10.2. The summed E-state index contributed by atoms with van der Waals surface area (Å²) in [7, 11) is 0. The molecule has 0 aliphatic heterocycles. The molecule has 0 aliphatic carbocycles. The summed E-state index contributed by atoms with van der Waals surface area (Å²) in [5.74, 6) is -1.66. The van der Waals surface area contributed by atoms with E-state index in [0.29, 0.717) is 18.5 Å². The van der Waals surface area contributed by atoms with E-state index >= 15 is 0 Å². The number of carbonyl (C=O) groups excluding carboxylic acids is 4. The number of benzene rings is 1. The third kappa shape index (κ3) is 9.17. The van der Waals surface area contributed by atoms with Gasteiger partial charge in [0.25, 0.3) is 0 Å². The number of ether oxygens (including phenoxy) is 1. The molecule has 1 aromatic carbocycles. The van der Waals surface area contributed by atoms with Crippen LogP contribution in [0.1, 0.15) is 90.0 Å². The number of rotatable bonds is 12. The molecule has 0 saturated carbocycles. The molecule has 3 atom stereocenters. The van der Waals surface area contributed by atoms with Gasteiger partial charge in [-0.2, -0.15) is 0 Å². The number of nitrogens with two attached hydrogens (primary N) is 1. The largest absolute Gasteiger partial charge is 0.444 e. The van der Waals surface area contributed by atoms with E-state index in [2.05, 4.69) is 10.6 Å². The van der Waals surface area contributed by atoms with Gasteiger partial charge in [0.1, 0.15) is 17.7 Å². The van der Waals surface area contributed by atoms with Crippen LogP contribution in [-0.2, 0) is 19.1 Å². The molecule has 1 rings (SSSR count). The summed E-state index contributed by atoms with van der Waals surface area (Å²) >= 11 is 0. The van der Waals surface area contributed by atoms with E-state index in [0.717, 1.165) is 24.0 Å². The van der Waals surface area contributed by atoms with Crippen molar-refractivity contribution in [3.05, 3.63) is 34.9 Å². The fraction of sp³-hybridized carbons (Fsp3) is 0.630. The summed E-state index contributed by atoms with van der Waals surface area (Å²) in [6.45, 7) is 15.2. The Morgan fingerprint density at radius 1 is 1.11 bits per heavy atom. The van der Waals surface area contributed by atoms with Gasteiger partial charge in [-0.15, -0.1) is 0 Å². The molecule has 4 amide bonds. The minimum absolute atomic E-state index is 0.319. The average Bonchev–Trinajstić information content (AvgIpc) is 2.76. The maximum absolute atomic E-state index is 14.0. The number of nitrogens with zero attached hydrogens (tertiary/aromatic N) is 1. The van der Waals surface area contributed by atoms with Crippen LogP contribution in [0.4, 0.5) is 4.79 Å². The lowest BCUT2D eigenvalue weighted by molar-refractivity contribution is -0.145. The molecule has 0 spiro atoms. The SMILES string of the molecule is CCCCNC(=O)C(c1cccc(C)c1C)N(C(=O)C(CC(N)=O)NC(=O)OC(C)(C)C)C(C)CC. The molecule has 0 saturated heterocycles. The van der Waals surface area contributed by atoms with E-state index in [1.54, 1.807) is 20.8 Å². The Balaban J connectivity index is 3.58.